The van der Waals surface area contributed by atoms with Crippen molar-refractivity contribution in [3.8, 4) is 11.3 Å². The fourth-order valence-electron chi connectivity index (χ4n) is 1.64. The monoisotopic (exact) mass is 251 g/mol. The second kappa shape index (κ2) is 5.21. The van der Waals surface area contributed by atoms with Crippen LogP contribution in [0.2, 0.25) is 5.02 Å². The third-order valence-corrected chi connectivity index (χ3v) is 2.76. The second-order valence-electron chi connectivity index (χ2n) is 3.68. The van der Waals surface area contributed by atoms with E-state index in [1.807, 2.05) is 28.9 Å². The first kappa shape index (κ1) is 12.0. The molecule has 0 aliphatic heterocycles. The van der Waals surface area contributed by atoms with Crippen LogP contribution in [0.15, 0.2) is 30.5 Å². The van der Waals surface area contributed by atoms with E-state index in [4.69, 9.17) is 22.1 Å². The van der Waals surface area contributed by atoms with E-state index in [9.17, 15) is 0 Å². The summed E-state index contributed by atoms with van der Waals surface area (Å²) in [5.74, 6) is 0. The first-order valence-electron chi connectivity index (χ1n) is 5.28. The van der Waals surface area contributed by atoms with E-state index in [0.29, 0.717) is 18.2 Å². The van der Waals surface area contributed by atoms with Gasteiger partial charge in [-0.15, -0.1) is 0 Å². The van der Waals surface area contributed by atoms with Crippen LogP contribution in [0.3, 0.4) is 0 Å². The van der Waals surface area contributed by atoms with Gasteiger partial charge in [0.15, 0.2) is 0 Å². The molecule has 2 rings (SSSR count). The van der Waals surface area contributed by atoms with E-state index in [1.54, 1.807) is 13.3 Å². The van der Waals surface area contributed by atoms with E-state index in [-0.39, 0.29) is 0 Å². The van der Waals surface area contributed by atoms with Gasteiger partial charge >= 0.3 is 0 Å². The molecule has 17 heavy (non-hydrogen) atoms. The molecule has 1 heterocycles. The molecule has 0 aliphatic rings. The van der Waals surface area contributed by atoms with Crippen molar-refractivity contribution < 1.29 is 4.74 Å². The Balaban J connectivity index is 2.36. The average Bonchev–Trinajstić information content (AvgIpc) is 2.69. The van der Waals surface area contributed by atoms with Crippen molar-refractivity contribution in [2.24, 2.45) is 0 Å². The predicted molar refractivity (Wildman–Crippen MR) is 69.0 cm³/mol. The summed E-state index contributed by atoms with van der Waals surface area (Å²) in [4.78, 5) is 0. The number of aromatic nitrogens is 2. The van der Waals surface area contributed by atoms with Crippen LogP contribution in [0, 0.1) is 0 Å². The zero-order valence-electron chi connectivity index (χ0n) is 9.56. The van der Waals surface area contributed by atoms with Crippen LogP contribution < -0.4 is 5.73 Å². The normalized spacial score (nSPS) is 10.7. The number of ether oxygens (including phenoxy) is 1. The fraction of sp³-hybridized carbons (Fsp3) is 0.250. The molecule has 0 spiro atoms. The number of hydrogen-bond acceptors (Lipinski definition) is 3. The number of nitrogens with zero attached hydrogens (tertiary/aromatic N) is 2. The van der Waals surface area contributed by atoms with Gasteiger partial charge in [0.1, 0.15) is 0 Å². The van der Waals surface area contributed by atoms with Crippen LogP contribution >= 0.6 is 11.6 Å². The highest BCUT2D eigenvalue weighted by Crippen LogP contribution is 2.28. The van der Waals surface area contributed by atoms with Gasteiger partial charge in [0.25, 0.3) is 0 Å². The fourth-order valence-corrected chi connectivity index (χ4v) is 1.89. The molecule has 2 aromatic rings. The van der Waals surface area contributed by atoms with E-state index >= 15 is 0 Å². The van der Waals surface area contributed by atoms with Gasteiger partial charge in [-0.1, -0.05) is 23.7 Å². The van der Waals surface area contributed by atoms with Crippen molar-refractivity contribution in [2.75, 3.05) is 19.5 Å². The number of nitrogen functional groups attached to an aromatic ring is 1. The predicted octanol–water partition coefficient (Wildman–Crippen LogP) is 2.43. The SMILES string of the molecule is COCCn1ncc(Cl)c1-c1ccc(N)cc1. The molecule has 0 radical (unpaired) electrons. The molecule has 1 aromatic carbocycles. The molecule has 4 nitrogen and oxygen atoms in total. The Labute approximate surface area is 105 Å². The van der Waals surface area contributed by atoms with Crippen LogP contribution in [-0.4, -0.2) is 23.5 Å². The molecule has 0 atom stereocenters. The number of anilines is 1. The number of benzene rings is 1. The smallest absolute Gasteiger partial charge is 0.0869 e. The third-order valence-electron chi connectivity index (χ3n) is 2.49. The first-order chi connectivity index (χ1) is 8.22. The van der Waals surface area contributed by atoms with Crippen LogP contribution in [0.5, 0.6) is 0 Å². The molecule has 0 aliphatic carbocycles. The molecule has 0 saturated heterocycles. The zero-order chi connectivity index (χ0) is 12.3. The lowest BCUT2D eigenvalue weighted by Crippen LogP contribution is -2.07. The van der Waals surface area contributed by atoms with Crippen LogP contribution in [0.1, 0.15) is 0 Å². The molecule has 5 heteroatoms. The summed E-state index contributed by atoms with van der Waals surface area (Å²) in [6.07, 6.45) is 1.64. The summed E-state index contributed by atoms with van der Waals surface area (Å²) in [6.45, 7) is 1.27. The molecule has 0 unspecified atom stereocenters. The highest BCUT2D eigenvalue weighted by atomic mass is 35.5. The third kappa shape index (κ3) is 2.60. The van der Waals surface area contributed by atoms with Crippen molar-refractivity contribution in [1.29, 1.82) is 0 Å². The number of nitrogens with two attached hydrogens (primary N) is 1. The van der Waals surface area contributed by atoms with Crippen molar-refractivity contribution in [3.63, 3.8) is 0 Å². The number of hydrogen-bond donors (Lipinski definition) is 1. The Hall–Kier alpha value is -1.52. The molecule has 0 saturated carbocycles. The molecule has 0 amide bonds. The van der Waals surface area contributed by atoms with Crippen molar-refractivity contribution >= 4 is 17.3 Å². The minimum Gasteiger partial charge on any atom is -0.399 e. The minimum atomic E-state index is 0.597. The highest BCUT2D eigenvalue weighted by molar-refractivity contribution is 6.33. The standard InChI is InChI=1S/C12H14ClN3O/c1-17-7-6-16-12(11(13)8-15-16)9-2-4-10(14)5-3-9/h2-5,8H,6-7,14H2,1H3. The van der Waals surface area contributed by atoms with Gasteiger partial charge in [-0.05, 0) is 12.1 Å². The maximum Gasteiger partial charge on any atom is 0.0869 e. The largest absolute Gasteiger partial charge is 0.399 e. The van der Waals surface area contributed by atoms with E-state index in [2.05, 4.69) is 5.10 Å². The van der Waals surface area contributed by atoms with E-state index < -0.39 is 0 Å². The highest BCUT2D eigenvalue weighted by Gasteiger charge is 2.10. The van der Waals surface area contributed by atoms with Gasteiger partial charge in [-0.3, -0.25) is 4.68 Å². The maximum atomic E-state index is 6.14. The lowest BCUT2D eigenvalue weighted by Gasteiger charge is -2.08. The van der Waals surface area contributed by atoms with Crippen LogP contribution in [-0.2, 0) is 11.3 Å². The van der Waals surface area contributed by atoms with Gasteiger partial charge in [-0.2, -0.15) is 5.10 Å². The van der Waals surface area contributed by atoms with Crippen LogP contribution in [0.25, 0.3) is 11.3 Å². The first-order valence-corrected chi connectivity index (χ1v) is 5.66. The van der Waals surface area contributed by atoms with Crippen LogP contribution in [0.4, 0.5) is 5.69 Å². The minimum absolute atomic E-state index is 0.597. The Morgan fingerprint density at radius 2 is 2.06 bits per heavy atom. The van der Waals surface area contributed by atoms with Gasteiger partial charge in [0.05, 0.1) is 30.1 Å². The summed E-state index contributed by atoms with van der Waals surface area (Å²) >= 11 is 6.14. The van der Waals surface area contributed by atoms with Gasteiger partial charge in [0, 0.05) is 18.4 Å². The Morgan fingerprint density at radius 1 is 1.35 bits per heavy atom. The second-order valence-corrected chi connectivity index (χ2v) is 4.09. The lowest BCUT2D eigenvalue weighted by atomic mass is 10.1. The topological polar surface area (TPSA) is 53.1 Å². The molecule has 1 aromatic heterocycles. The molecule has 90 valence electrons. The molecular formula is C12H14ClN3O. The quantitative estimate of drug-likeness (QED) is 0.850. The van der Waals surface area contributed by atoms with Gasteiger partial charge in [0.2, 0.25) is 0 Å². The Kier molecular flexibility index (Phi) is 3.66. The lowest BCUT2D eigenvalue weighted by molar-refractivity contribution is 0.184. The summed E-state index contributed by atoms with van der Waals surface area (Å²) in [6, 6.07) is 7.56. The summed E-state index contributed by atoms with van der Waals surface area (Å²) in [7, 11) is 1.66. The number of rotatable bonds is 4. The van der Waals surface area contributed by atoms with E-state index in [0.717, 1.165) is 16.9 Å². The van der Waals surface area contributed by atoms with Crippen molar-refractivity contribution in [2.45, 2.75) is 6.54 Å². The average molecular weight is 252 g/mol. The number of methoxy groups -OCH3 is 1. The van der Waals surface area contributed by atoms with E-state index in [1.165, 1.54) is 0 Å². The maximum absolute atomic E-state index is 6.14. The summed E-state index contributed by atoms with van der Waals surface area (Å²) < 4.78 is 6.87. The zero-order valence-corrected chi connectivity index (χ0v) is 10.3. The van der Waals surface area contributed by atoms with Gasteiger partial charge in [-0.25, -0.2) is 0 Å². The van der Waals surface area contributed by atoms with Crippen molar-refractivity contribution in [1.82, 2.24) is 9.78 Å². The van der Waals surface area contributed by atoms with Crippen molar-refractivity contribution in [3.05, 3.63) is 35.5 Å². The van der Waals surface area contributed by atoms with Gasteiger partial charge < -0.3 is 10.5 Å². The molecular weight excluding hydrogens is 238 g/mol. The molecule has 0 fully saturated rings. The Bertz CT molecular complexity index is 493. The summed E-state index contributed by atoms with van der Waals surface area (Å²) in [5, 5.41) is 4.86. The molecule has 0 bridgehead atoms. The Morgan fingerprint density at radius 3 is 2.71 bits per heavy atom. The summed E-state index contributed by atoms with van der Waals surface area (Å²) in [5.41, 5.74) is 8.28. The molecule has 2 N–H and O–H groups in total. The number of halogens is 1.